The molecule has 0 spiro atoms. The fourth-order valence-corrected chi connectivity index (χ4v) is 2.00. The van der Waals surface area contributed by atoms with Gasteiger partial charge < -0.3 is 5.73 Å². The summed E-state index contributed by atoms with van der Waals surface area (Å²) in [5.74, 6) is 0. The number of nitrogens with two attached hydrogens (primary N) is 1. The van der Waals surface area contributed by atoms with Crippen LogP contribution in [0.15, 0.2) is 60.7 Å². The molecular weight excluding hydrogens is 232 g/mol. The van der Waals surface area contributed by atoms with Crippen molar-refractivity contribution in [2.24, 2.45) is 0 Å². The van der Waals surface area contributed by atoms with Crippen LogP contribution in [0.5, 0.6) is 0 Å². The van der Waals surface area contributed by atoms with E-state index in [0.717, 1.165) is 22.3 Å². The molecule has 0 aliphatic rings. The molecule has 3 rings (SSSR count). The van der Waals surface area contributed by atoms with Crippen molar-refractivity contribution < 1.29 is 0 Å². The molecule has 1 heterocycles. The first-order chi connectivity index (χ1) is 9.31. The molecule has 0 amide bonds. The average molecular weight is 246 g/mol. The van der Waals surface area contributed by atoms with Gasteiger partial charge in [-0.25, -0.2) is 4.98 Å². The number of pyridine rings is 1. The number of anilines is 1. The number of rotatable bonds is 2. The predicted molar refractivity (Wildman–Crippen MR) is 81.5 cm³/mol. The number of nitrogen functional groups attached to an aromatic ring is 1. The van der Waals surface area contributed by atoms with Crippen LogP contribution in [0, 0.1) is 0 Å². The molecule has 92 valence electrons. The van der Waals surface area contributed by atoms with Gasteiger partial charge >= 0.3 is 0 Å². The number of aromatic nitrogens is 1. The van der Waals surface area contributed by atoms with Gasteiger partial charge in [0.2, 0.25) is 0 Å². The van der Waals surface area contributed by atoms with Gasteiger partial charge in [0.05, 0.1) is 11.2 Å². The van der Waals surface area contributed by atoms with Crippen LogP contribution in [0.4, 0.5) is 5.69 Å². The first-order valence-corrected chi connectivity index (χ1v) is 6.21. The van der Waals surface area contributed by atoms with Crippen LogP contribution < -0.4 is 5.73 Å². The number of hydrogen-bond donors (Lipinski definition) is 1. The van der Waals surface area contributed by atoms with Crippen molar-refractivity contribution in [3.8, 4) is 0 Å². The largest absolute Gasteiger partial charge is 0.399 e. The smallest absolute Gasteiger partial charge is 0.0710 e. The minimum absolute atomic E-state index is 0.766. The summed E-state index contributed by atoms with van der Waals surface area (Å²) in [5, 5.41) is 1.07. The van der Waals surface area contributed by atoms with E-state index in [4.69, 9.17) is 5.73 Å². The molecule has 2 heteroatoms. The number of hydrogen-bond acceptors (Lipinski definition) is 2. The lowest BCUT2D eigenvalue weighted by Crippen LogP contribution is -1.87. The summed E-state index contributed by atoms with van der Waals surface area (Å²) in [7, 11) is 0. The van der Waals surface area contributed by atoms with E-state index in [1.807, 2.05) is 54.6 Å². The second-order valence-electron chi connectivity index (χ2n) is 4.43. The second kappa shape index (κ2) is 4.94. The van der Waals surface area contributed by atoms with Crippen molar-refractivity contribution in [1.29, 1.82) is 0 Å². The van der Waals surface area contributed by atoms with E-state index in [1.165, 1.54) is 5.56 Å². The molecule has 0 saturated carbocycles. The third kappa shape index (κ3) is 2.63. The summed E-state index contributed by atoms with van der Waals surface area (Å²) < 4.78 is 0. The van der Waals surface area contributed by atoms with Crippen LogP contribution in [-0.2, 0) is 0 Å². The van der Waals surface area contributed by atoms with E-state index in [1.54, 1.807) is 0 Å². The Morgan fingerprint density at radius 1 is 0.842 bits per heavy atom. The Bertz CT molecular complexity index is 731. The molecule has 0 aliphatic heterocycles. The van der Waals surface area contributed by atoms with Crippen LogP contribution in [0.25, 0.3) is 23.1 Å². The van der Waals surface area contributed by atoms with Crippen LogP contribution in [0.1, 0.15) is 11.3 Å². The van der Waals surface area contributed by atoms with Gasteiger partial charge in [-0.2, -0.15) is 0 Å². The molecule has 0 saturated heterocycles. The topological polar surface area (TPSA) is 38.9 Å². The van der Waals surface area contributed by atoms with Crippen molar-refractivity contribution in [1.82, 2.24) is 4.98 Å². The summed E-state index contributed by atoms with van der Waals surface area (Å²) in [6.07, 6.45) is 4.08. The van der Waals surface area contributed by atoms with E-state index < -0.39 is 0 Å². The Balaban J connectivity index is 1.94. The fraction of sp³-hybridized carbons (Fsp3) is 0. The van der Waals surface area contributed by atoms with Crippen LogP contribution in [0.2, 0.25) is 0 Å². The van der Waals surface area contributed by atoms with Gasteiger partial charge in [0.15, 0.2) is 0 Å². The molecule has 19 heavy (non-hydrogen) atoms. The molecule has 0 fully saturated rings. The lowest BCUT2D eigenvalue weighted by Gasteiger charge is -2.00. The molecule has 0 aliphatic carbocycles. The van der Waals surface area contributed by atoms with Crippen molar-refractivity contribution in [2.45, 2.75) is 0 Å². The second-order valence-corrected chi connectivity index (χ2v) is 4.43. The van der Waals surface area contributed by atoms with Gasteiger partial charge in [0.1, 0.15) is 0 Å². The van der Waals surface area contributed by atoms with E-state index >= 15 is 0 Å². The van der Waals surface area contributed by atoms with Gasteiger partial charge in [-0.05, 0) is 35.9 Å². The Hall–Kier alpha value is -2.61. The molecule has 0 atom stereocenters. The van der Waals surface area contributed by atoms with Crippen LogP contribution >= 0.6 is 0 Å². The molecule has 3 aromatic rings. The molecule has 0 radical (unpaired) electrons. The van der Waals surface area contributed by atoms with Crippen molar-refractivity contribution in [3.05, 3.63) is 71.9 Å². The monoisotopic (exact) mass is 246 g/mol. The first kappa shape index (κ1) is 11.5. The first-order valence-electron chi connectivity index (χ1n) is 6.21. The summed E-state index contributed by atoms with van der Waals surface area (Å²) in [5.41, 5.74) is 9.60. The Labute approximate surface area is 112 Å². The molecular formula is C17H14N2. The lowest BCUT2D eigenvalue weighted by molar-refractivity contribution is 1.37. The molecule has 0 bridgehead atoms. The van der Waals surface area contributed by atoms with E-state index in [9.17, 15) is 0 Å². The van der Waals surface area contributed by atoms with Crippen molar-refractivity contribution in [3.63, 3.8) is 0 Å². The van der Waals surface area contributed by atoms with Crippen LogP contribution in [-0.4, -0.2) is 4.98 Å². The third-order valence-corrected chi connectivity index (χ3v) is 2.98. The number of fused-ring (bicyclic) bond motifs is 1. The summed E-state index contributed by atoms with van der Waals surface area (Å²) >= 11 is 0. The Morgan fingerprint density at radius 2 is 1.68 bits per heavy atom. The van der Waals surface area contributed by atoms with Crippen LogP contribution in [0.3, 0.4) is 0 Å². The highest BCUT2D eigenvalue weighted by Crippen LogP contribution is 2.17. The van der Waals surface area contributed by atoms with E-state index in [0.29, 0.717) is 0 Å². The minimum atomic E-state index is 0.766. The summed E-state index contributed by atoms with van der Waals surface area (Å²) in [4.78, 5) is 4.59. The normalized spacial score (nSPS) is 11.2. The fourth-order valence-electron chi connectivity index (χ4n) is 2.00. The highest BCUT2D eigenvalue weighted by atomic mass is 14.7. The van der Waals surface area contributed by atoms with Gasteiger partial charge in [0, 0.05) is 11.1 Å². The predicted octanol–water partition coefficient (Wildman–Crippen LogP) is 3.99. The average Bonchev–Trinajstić information content (AvgIpc) is 2.46. The Kier molecular flexibility index (Phi) is 2.99. The van der Waals surface area contributed by atoms with Crippen molar-refractivity contribution in [2.75, 3.05) is 5.73 Å². The van der Waals surface area contributed by atoms with Gasteiger partial charge in [-0.3, -0.25) is 0 Å². The van der Waals surface area contributed by atoms with E-state index in [-0.39, 0.29) is 0 Å². The molecule has 1 aromatic heterocycles. The number of benzene rings is 2. The third-order valence-electron chi connectivity index (χ3n) is 2.98. The molecule has 2 nitrogen and oxygen atoms in total. The quantitative estimate of drug-likeness (QED) is 0.694. The standard InChI is InChI=1S/C17H14N2/c18-15-8-11-17-14(12-15)7-10-16(19-17)9-6-13-4-2-1-3-5-13/h1-12H,18H2. The zero-order valence-electron chi connectivity index (χ0n) is 10.5. The lowest BCUT2D eigenvalue weighted by atomic mass is 10.1. The maximum atomic E-state index is 5.75. The molecule has 0 unspecified atom stereocenters. The van der Waals surface area contributed by atoms with Gasteiger partial charge in [-0.1, -0.05) is 42.5 Å². The maximum Gasteiger partial charge on any atom is 0.0710 e. The van der Waals surface area contributed by atoms with Crippen molar-refractivity contribution >= 4 is 28.7 Å². The summed E-state index contributed by atoms with van der Waals surface area (Å²) in [6.45, 7) is 0. The highest BCUT2D eigenvalue weighted by Gasteiger charge is 1.96. The van der Waals surface area contributed by atoms with Gasteiger partial charge in [0.25, 0.3) is 0 Å². The molecule has 2 N–H and O–H groups in total. The van der Waals surface area contributed by atoms with E-state index in [2.05, 4.69) is 23.2 Å². The molecule has 2 aromatic carbocycles. The summed E-state index contributed by atoms with van der Waals surface area (Å²) in [6, 6.07) is 20.0. The minimum Gasteiger partial charge on any atom is -0.399 e. The Morgan fingerprint density at radius 3 is 2.53 bits per heavy atom. The zero-order valence-corrected chi connectivity index (χ0v) is 10.5. The number of nitrogens with zero attached hydrogens (tertiary/aromatic N) is 1. The van der Waals surface area contributed by atoms with Gasteiger partial charge in [-0.15, -0.1) is 0 Å². The zero-order chi connectivity index (χ0) is 13.1. The maximum absolute atomic E-state index is 5.75. The highest BCUT2D eigenvalue weighted by molar-refractivity contribution is 5.83. The SMILES string of the molecule is Nc1ccc2nc(C=Cc3ccccc3)ccc2c1.